The number of benzene rings is 1. The van der Waals surface area contributed by atoms with Crippen LogP contribution in [-0.4, -0.2) is 42.7 Å². The van der Waals surface area contributed by atoms with E-state index in [1.54, 1.807) is 11.9 Å². The number of nitrogens with zero attached hydrogens (tertiary/aromatic N) is 3. The molecule has 0 amide bonds. The summed E-state index contributed by atoms with van der Waals surface area (Å²) in [5, 5.41) is 18.1. The Hall–Kier alpha value is -2.06. The van der Waals surface area contributed by atoms with E-state index in [9.17, 15) is 10.1 Å². The predicted octanol–water partition coefficient (Wildman–Crippen LogP) is 2.50. The second kappa shape index (κ2) is 8.28. The Morgan fingerprint density at radius 3 is 2.29 bits per heavy atom. The molecule has 0 saturated heterocycles. The van der Waals surface area contributed by atoms with E-state index in [0.717, 1.165) is 24.3 Å². The van der Waals surface area contributed by atoms with Gasteiger partial charge in [0.2, 0.25) is 0 Å². The molecular weight excluding hydrogens is 266 g/mol. The van der Waals surface area contributed by atoms with Gasteiger partial charge >= 0.3 is 5.97 Å². The molecule has 0 spiro atoms. The first-order valence-corrected chi connectivity index (χ1v) is 7.20. The van der Waals surface area contributed by atoms with Gasteiger partial charge in [0.1, 0.15) is 6.04 Å². The Morgan fingerprint density at radius 2 is 1.86 bits per heavy atom. The molecule has 1 aromatic rings. The van der Waals surface area contributed by atoms with Crippen LogP contribution in [0.1, 0.15) is 31.9 Å². The molecule has 0 aliphatic rings. The molecule has 21 heavy (non-hydrogen) atoms. The van der Waals surface area contributed by atoms with Crippen molar-refractivity contribution in [1.82, 2.24) is 4.90 Å². The highest BCUT2D eigenvalue weighted by molar-refractivity contribution is 5.66. The molecule has 1 aromatic carbocycles. The zero-order valence-electron chi connectivity index (χ0n) is 12.9. The summed E-state index contributed by atoms with van der Waals surface area (Å²) in [6.07, 6.45) is 0.0339. The van der Waals surface area contributed by atoms with Gasteiger partial charge < -0.3 is 10.0 Å². The molecule has 0 saturated carbocycles. The molecule has 0 heterocycles. The lowest BCUT2D eigenvalue weighted by Crippen LogP contribution is -2.26. The summed E-state index contributed by atoms with van der Waals surface area (Å²) in [4.78, 5) is 14.6. The van der Waals surface area contributed by atoms with Crippen LogP contribution >= 0.6 is 0 Å². The predicted molar refractivity (Wildman–Crippen MR) is 83.2 cm³/mol. The number of rotatable bonds is 8. The zero-order valence-corrected chi connectivity index (χ0v) is 12.9. The third-order valence-electron chi connectivity index (χ3n) is 3.58. The van der Waals surface area contributed by atoms with Crippen molar-refractivity contribution in [2.75, 3.05) is 31.6 Å². The van der Waals surface area contributed by atoms with Gasteiger partial charge in [0.15, 0.2) is 0 Å². The Morgan fingerprint density at radius 1 is 1.29 bits per heavy atom. The molecule has 0 aromatic heterocycles. The SMILES string of the molecule is CCN(CC)c1ccc(C(C#N)N(C)CCC(=O)O)cc1. The molecule has 0 fully saturated rings. The molecule has 0 radical (unpaired) electrons. The standard InChI is InChI=1S/C16H23N3O2/c1-4-19(5-2)14-8-6-13(7-9-14)15(12-17)18(3)11-10-16(20)21/h6-9,15H,4-5,10-11H2,1-3H3,(H,20,21). The molecule has 1 atom stereocenters. The lowest BCUT2D eigenvalue weighted by atomic mass is 10.1. The number of nitriles is 1. The molecule has 1 unspecified atom stereocenters. The van der Waals surface area contributed by atoms with Gasteiger partial charge in [-0.05, 0) is 38.6 Å². The number of hydrogen-bond acceptors (Lipinski definition) is 4. The summed E-state index contributed by atoms with van der Waals surface area (Å²) >= 11 is 0. The van der Waals surface area contributed by atoms with Gasteiger partial charge in [-0.3, -0.25) is 9.69 Å². The third kappa shape index (κ3) is 4.76. The van der Waals surface area contributed by atoms with E-state index >= 15 is 0 Å². The highest BCUT2D eigenvalue weighted by Gasteiger charge is 2.17. The average molecular weight is 289 g/mol. The van der Waals surface area contributed by atoms with Crippen LogP contribution in [0.15, 0.2) is 24.3 Å². The van der Waals surface area contributed by atoms with Gasteiger partial charge in [-0.1, -0.05) is 12.1 Å². The van der Waals surface area contributed by atoms with Crippen molar-refractivity contribution in [2.45, 2.75) is 26.3 Å². The average Bonchev–Trinajstić information content (AvgIpc) is 2.48. The zero-order chi connectivity index (χ0) is 15.8. The van der Waals surface area contributed by atoms with Gasteiger partial charge in [-0.2, -0.15) is 5.26 Å². The van der Waals surface area contributed by atoms with Crippen LogP contribution in [0.4, 0.5) is 5.69 Å². The Balaban J connectivity index is 2.82. The maximum absolute atomic E-state index is 10.6. The monoisotopic (exact) mass is 289 g/mol. The van der Waals surface area contributed by atoms with Crippen LogP contribution in [0, 0.1) is 11.3 Å². The molecular formula is C16H23N3O2. The molecule has 0 bridgehead atoms. The molecule has 5 nitrogen and oxygen atoms in total. The molecule has 114 valence electrons. The summed E-state index contributed by atoms with van der Waals surface area (Å²) in [5.74, 6) is -0.851. The van der Waals surface area contributed by atoms with Crippen LogP contribution in [0.5, 0.6) is 0 Å². The van der Waals surface area contributed by atoms with Crippen molar-refractivity contribution in [3.8, 4) is 6.07 Å². The fraction of sp³-hybridized carbons (Fsp3) is 0.500. The summed E-state index contributed by atoms with van der Waals surface area (Å²) in [6.45, 7) is 6.45. The van der Waals surface area contributed by atoms with E-state index in [0.29, 0.717) is 6.54 Å². The first-order chi connectivity index (χ1) is 10.0. The number of aliphatic carboxylic acids is 1. The number of carboxylic acids is 1. The lowest BCUT2D eigenvalue weighted by Gasteiger charge is -2.24. The lowest BCUT2D eigenvalue weighted by molar-refractivity contribution is -0.137. The van der Waals surface area contributed by atoms with Crippen LogP contribution in [-0.2, 0) is 4.79 Å². The molecule has 5 heteroatoms. The smallest absolute Gasteiger partial charge is 0.304 e. The van der Waals surface area contributed by atoms with Crippen molar-refractivity contribution >= 4 is 11.7 Å². The summed E-state index contributed by atoms with van der Waals surface area (Å²) in [7, 11) is 1.77. The van der Waals surface area contributed by atoms with Crippen molar-refractivity contribution < 1.29 is 9.90 Å². The first-order valence-electron chi connectivity index (χ1n) is 7.20. The number of carbonyl (C=O) groups is 1. The molecule has 0 aliphatic carbocycles. The highest BCUT2D eigenvalue weighted by atomic mass is 16.4. The van der Waals surface area contributed by atoms with Crippen LogP contribution in [0.25, 0.3) is 0 Å². The van der Waals surface area contributed by atoms with Crippen molar-refractivity contribution in [3.63, 3.8) is 0 Å². The number of anilines is 1. The van der Waals surface area contributed by atoms with E-state index in [4.69, 9.17) is 5.11 Å². The topological polar surface area (TPSA) is 67.6 Å². The highest BCUT2D eigenvalue weighted by Crippen LogP contribution is 2.22. The van der Waals surface area contributed by atoms with E-state index in [2.05, 4.69) is 24.8 Å². The summed E-state index contributed by atoms with van der Waals surface area (Å²) < 4.78 is 0. The third-order valence-corrected chi connectivity index (χ3v) is 3.58. The quantitative estimate of drug-likeness (QED) is 0.796. The van der Waals surface area contributed by atoms with Crippen LogP contribution < -0.4 is 4.90 Å². The van der Waals surface area contributed by atoms with Crippen LogP contribution in [0.3, 0.4) is 0 Å². The molecule has 1 rings (SSSR count). The van der Waals surface area contributed by atoms with E-state index in [-0.39, 0.29) is 6.42 Å². The minimum Gasteiger partial charge on any atom is -0.481 e. The first kappa shape index (κ1) is 17.0. The van der Waals surface area contributed by atoms with Crippen molar-refractivity contribution in [2.24, 2.45) is 0 Å². The second-order valence-corrected chi connectivity index (χ2v) is 4.92. The summed E-state index contributed by atoms with van der Waals surface area (Å²) in [6, 6.07) is 9.73. The summed E-state index contributed by atoms with van der Waals surface area (Å²) in [5.41, 5.74) is 2.02. The minimum atomic E-state index is -0.851. The van der Waals surface area contributed by atoms with Gasteiger partial charge in [0.25, 0.3) is 0 Å². The normalized spacial score (nSPS) is 12.0. The second-order valence-electron chi connectivity index (χ2n) is 4.92. The van der Waals surface area contributed by atoms with Gasteiger partial charge in [0.05, 0.1) is 12.5 Å². The Labute approximate surface area is 126 Å². The van der Waals surface area contributed by atoms with Crippen molar-refractivity contribution in [3.05, 3.63) is 29.8 Å². The Kier molecular flexibility index (Phi) is 6.70. The maximum atomic E-state index is 10.6. The fourth-order valence-electron chi connectivity index (χ4n) is 2.28. The van der Waals surface area contributed by atoms with E-state index in [1.165, 1.54) is 0 Å². The maximum Gasteiger partial charge on any atom is 0.304 e. The fourth-order valence-corrected chi connectivity index (χ4v) is 2.28. The van der Waals surface area contributed by atoms with Gasteiger partial charge in [-0.15, -0.1) is 0 Å². The van der Waals surface area contributed by atoms with E-state index < -0.39 is 12.0 Å². The molecule has 1 N–H and O–H groups in total. The van der Waals surface area contributed by atoms with Gasteiger partial charge in [0, 0.05) is 25.3 Å². The van der Waals surface area contributed by atoms with E-state index in [1.807, 2.05) is 24.3 Å². The minimum absolute atomic E-state index is 0.0339. The van der Waals surface area contributed by atoms with Gasteiger partial charge in [-0.25, -0.2) is 0 Å². The number of hydrogen-bond donors (Lipinski definition) is 1. The Bertz CT molecular complexity index is 489. The van der Waals surface area contributed by atoms with Crippen LogP contribution in [0.2, 0.25) is 0 Å². The largest absolute Gasteiger partial charge is 0.481 e. The van der Waals surface area contributed by atoms with Crippen molar-refractivity contribution in [1.29, 1.82) is 5.26 Å². The molecule has 0 aliphatic heterocycles. The number of carboxylic acid groups (broad SMARTS) is 1.